The SMILES string of the molecule is COc1cc(I)c(C(O)C(=O)O)c(OC)c1. The fraction of sp³-hybridized carbons (Fsp3) is 0.300. The molecule has 0 radical (unpaired) electrons. The van der Waals surface area contributed by atoms with E-state index in [9.17, 15) is 9.90 Å². The van der Waals surface area contributed by atoms with E-state index in [0.717, 1.165) is 0 Å². The first-order valence-corrected chi connectivity index (χ1v) is 5.41. The van der Waals surface area contributed by atoms with Gasteiger partial charge in [0.1, 0.15) is 11.5 Å². The Hall–Kier alpha value is -1.02. The van der Waals surface area contributed by atoms with E-state index in [2.05, 4.69) is 0 Å². The molecule has 0 fully saturated rings. The summed E-state index contributed by atoms with van der Waals surface area (Å²) in [4.78, 5) is 10.7. The van der Waals surface area contributed by atoms with Gasteiger partial charge >= 0.3 is 5.97 Å². The zero-order chi connectivity index (χ0) is 12.3. The Kier molecular flexibility index (Phi) is 4.36. The van der Waals surface area contributed by atoms with E-state index in [4.69, 9.17) is 14.6 Å². The third-order valence-electron chi connectivity index (χ3n) is 2.03. The van der Waals surface area contributed by atoms with Crippen LogP contribution in [-0.4, -0.2) is 30.4 Å². The molecule has 0 saturated heterocycles. The maximum absolute atomic E-state index is 10.7. The van der Waals surface area contributed by atoms with Crippen LogP contribution in [0.15, 0.2) is 12.1 Å². The predicted molar refractivity (Wildman–Crippen MR) is 64.9 cm³/mol. The molecule has 0 bridgehead atoms. The smallest absolute Gasteiger partial charge is 0.337 e. The molecule has 1 aromatic carbocycles. The Balaban J connectivity index is 3.31. The highest BCUT2D eigenvalue weighted by atomic mass is 127. The molecular formula is C10H11IO5. The van der Waals surface area contributed by atoms with Crippen LogP contribution in [0.5, 0.6) is 11.5 Å². The third-order valence-corrected chi connectivity index (χ3v) is 2.92. The molecule has 0 heterocycles. The van der Waals surface area contributed by atoms with Crippen LogP contribution in [0.2, 0.25) is 0 Å². The summed E-state index contributed by atoms with van der Waals surface area (Å²) in [6, 6.07) is 3.16. The van der Waals surface area contributed by atoms with Gasteiger partial charge < -0.3 is 19.7 Å². The monoisotopic (exact) mass is 338 g/mol. The van der Waals surface area contributed by atoms with Gasteiger partial charge in [-0.15, -0.1) is 0 Å². The topological polar surface area (TPSA) is 76.0 Å². The van der Waals surface area contributed by atoms with Gasteiger partial charge in [0.2, 0.25) is 0 Å². The summed E-state index contributed by atoms with van der Waals surface area (Å²) in [5.74, 6) is -0.484. The van der Waals surface area contributed by atoms with Gasteiger partial charge in [0.05, 0.1) is 14.2 Å². The van der Waals surface area contributed by atoms with Crippen molar-refractivity contribution in [3.8, 4) is 11.5 Å². The highest BCUT2D eigenvalue weighted by Crippen LogP contribution is 2.34. The van der Waals surface area contributed by atoms with E-state index >= 15 is 0 Å². The Morgan fingerprint density at radius 1 is 1.38 bits per heavy atom. The molecule has 6 heteroatoms. The van der Waals surface area contributed by atoms with Crippen molar-refractivity contribution in [1.29, 1.82) is 0 Å². The van der Waals surface area contributed by atoms with E-state index in [1.165, 1.54) is 20.3 Å². The first-order chi connectivity index (χ1) is 7.51. The lowest BCUT2D eigenvalue weighted by Gasteiger charge is -2.14. The minimum Gasteiger partial charge on any atom is -0.497 e. The third kappa shape index (κ3) is 2.56. The van der Waals surface area contributed by atoms with Gasteiger partial charge in [0.15, 0.2) is 6.10 Å². The summed E-state index contributed by atoms with van der Waals surface area (Å²) in [6.07, 6.45) is -1.60. The summed E-state index contributed by atoms with van der Waals surface area (Å²) in [6.45, 7) is 0. The zero-order valence-corrected chi connectivity index (χ0v) is 10.9. The number of halogens is 1. The zero-order valence-electron chi connectivity index (χ0n) is 8.73. The number of carbonyl (C=O) groups is 1. The van der Waals surface area contributed by atoms with Crippen LogP contribution >= 0.6 is 22.6 Å². The van der Waals surface area contributed by atoms with Crippen molar-refractivity contribution in [2.45, 2.75) is 6.10 Å². The molecule has 1 rings (SSSR count). The standard InChI is InChI=1S/C10H11IO5/c1-15-5-3-6(11)8(7(4-5)16-2)9(12)10(13)14/h3-4,9,12H,1-2H3,(H,13,14). The molecule has 0 aliphatic carbocycles. The van der Waals surface area contributed by atoms with Crippen LogP contribution in [0, 0.1) is 3.57 Å². The van der Waals surface area contributed by atoms with Crippen molar-refractivity contribution < 1.29 is 24.5 Å². The Morgan fingerprint density at radius 2 is 2.00 bits per heavy atom. The van der Waals surface area contributed by atoms with Gasteiger partial charge in [0, 0.05) is 15.2 Å². The number of aliphatic hydroxyl groups is 1. The molecule has 1 atom stereocenters. The Bertz CT molecular complexity index is 404. The number of aliphatic hydroxyl groups excluding tert-OH is 1. The Morgan fingerprint density at radius 3 is 2.44 bits per heavy atom. The van der Waals surface area contributed by atoms with Crippen molar-refractivity contribution in [1.82, 2.24) is 0 Å². The van der Waals surface area contributed by atoms with Crippen molar-refractivity contribution >= 4 is 28.6 Å². The molecule has 0 aromatic heterocycles. The molecule has 16 heavy (non-hydrogen) atoms. The molecule has 0 aliphatic heterocycles. The summed E-state index contributed by atoms with van der Waals surface area (Å²) in [5, 5.41) is 18.3. The minimum atomic E-state index is -1.60. The van der Waals surface area contributed by atoms with Crippen molar-refractivity contribution in [2.75, 3.05) is 14.2 Å². The first-order valence-electron chi connectivity index (χ1n) is 4.33. The quantitative estimate of drug-likeness (QED) is 0.813. The number of hydrogen-bond donors (Lipinski definition) is 2. The van der Waals surface area contributed by atoms with E-state index in [1.54, 1.807) is 6.07 Å². The second-order valence-electron chi connectivity index (χ2n) is 2.97. The van der Waals surface area contributed by atoms with E-state index in [0.29, 0.717) is 15.1 Å². The van der Waals surface area contributed by atoms with Crippen LogP contribution in [0.1, 0.15) is 11.7 Å². The lowest BCUT2D eigenvalue weighted by Crippen LogP contribution is -2.13. The predicted octanol–water partition coefficient (Wildman–Crippen LogP) is 1.43. The van der Waals surface area contributed by atoms with Crippen molar-refractivity contribution in [3.63, 3.8) is 0 Å². The summed E-state index contributed by atoms with van der Waals surface area (Å²) < 4.78 is 10.6. The fourth-order valence-electron chi connectivity index (χ4n) is 1.24. The number of hydrogen-bond acceptors (Lipinski definition) is 4. The Labute approximate surface area is 106 Å². The first kappa shape index (κ1) is 13.0. The number of rotatable bonds is 4. The summed E-state index contributed by atoms with van der Waals surface area (Å²) in [5.41, 5.74) is 0.233. The highest BCUT2D eigenvalue weighted by Gasteiger charge is 2.24. The molecular weight excluding hydrogens is 327 g/mol. The number of ether oxygens (including phenoxy) is 2. The molecule has 88 valence electrons. The average molecular weight is 338 g/mol. The van der Waals surface area contributed by atoms with Gasteiger partial charge in [-0.05, 0) is 28.7 Å². The summed E-state index contributed by atoms with van der Waals surface area (Å²) >= 11 is 1.92. The lowest BCUT2D eigenvalue weighted by atomic mass is 10.1. The summed E-state index contributed by atoms with van der Waals surface area (Å²) in [7, 11) is 2.90. The van der Waals surface area contributed by atoms with Crippen LogP contribution in [0.25, 0.3) is 0 Å². The molecule has 0 aliphatic rings. The minimum absolute atomic E-state index is 0.233. The van der Waals surface area contributed by atoms with Gasteiger partial charge in [-0.1, -0.05) is 0 Å². The maximum atomic E-state index is 10.7. The maximum Gasteiger partial charge on any atom is 0.337 e. The van der Waals surface area contributed by atoms with Crippen LogP contribution in [0.4, 0.5) is 0 Å². The lowest BCUT2D eigenvalue weighted by molar-refractivity contribution is -0.147. The fourth-order valence-corrected chi connectivity index (χ4v) is 2.11. The normalized spacial score (nSPS) is 12.0. The van der Waals surface area contributed by atoms with E-state index < -0.39 is 12.1 Å². The number of carboxylic acids is 1. The van der Waals surface area contributed by atoms with Crippen LogP contribution in [-0.2, 0) is 4.79 Å². The van der Waals surface area contributed by atoms with E-state index in [-0.39, 0.29) is 5.56 Å². The van der Waals surface area contributed by atoms with Gasteiger partial charge in [-0.25, -0.2) is 4.79 Å². The van der Waals surface area contributed by atoms with Gasteiger partial charge in [-0.2, -0.15) is 0 Å². The largest absolute Gasteiger partial charge is 0.497 e. The second-order valence-corrected chi connectivity index (χ2v) is 4.13. The van der Waals surface area contributed by atoms with Gasteiger partial charge in [-0.3, -0.25) is 0 Å². The molecule has 1 aromatic rings. The molecule has 0 saturated carbocycles. The molecule has 2 N–H and O–H groups in total. The number of aliphatic carboxylic acids is 1. The number of carboxylic acid groups (broad SMARTS) is 1. The molecule has 5 nitrogen and oxygen atoms in total. The van der Waals surface area contributed by atoms with E-state index in [1.807, 2.05) is 22.6 Å². The molecule has 0 amide bonds. The molecule has 1 unspecified atom stereocenters. The number of benzene rings is 1. The molecule has 0 spiro atoms. The van der Waals surface area contributed by atoms with Crippen LogP contribution in [0.3, 0.4) is 0 Å². The van der Waals surface area contributed by atoms with Crippen LogP contribution < -0.4 is 9.47 Å². The van der Waals surface area contributed by atoms with Gasteiger partial charge in [0.25, 0.3) is 0 Å². The number of methoxy groups -OCH3 is 2. The average Bonchev–Trinajstić information content (AvgIpc) is 2.26. The van der Waals surface area contributed by atoms with Crippen molar-refractivity contribution in [2.24, 2.45) is 0 Å². The highest BCUT2D eigenvalue weighted by molar-refractivity contribution is 14.1. The second kappa shape index (κ2) is 5.35. The van der Waals surface area contributed by atoms with Crippen molar-refractivity contribution in [3.05, 3.63) is 21.3 Å².